The normalized spacial score (nSPS) is 42.9. The predicted molar refractivity (Wildman–Crippen MR) is 112 cm³/mol. The van der Waals surface area contributed by atoms with Crippen molar-refractivity contribution in [2.45, 2.75) is 79.2 Å². The molecule has 0 heterocycles. The van der Waals surface area contributed by atoms with Gasteiger partial charge in [0.05, 0.1) is 5.60 Å². The topological polar surface area (TPSA) is 37.3 Å². The number of ketones is 1. The van der Waals surface area contributed by atoms with Crippen LogP contribution in [0.15, 0.2) is 35.5 Å². The van der Waals surface area contributed by atoms with Gasteiger partial charge in [0.15, 0.2) is 0 Å². The fourth-order valence-electron chi connectivity index (χ4n) is 6.34. The van der Waals surface area contributed by atoms with Crippen LogP contribution in [0.25, 0.3) is 0 Å². The Morgan fingerprint density at radius 3 is 2.67 bits per heavy atom. The fourth-order valence-corrected chi connectivity index (χ4v) is 6.34. The lowest BCUT2D eigenvalue weighted by molar-refractivity contribution is -0.120. The SMILES string of the molecule is CC(C)=CC=CC(C)C1CCC2(C)CC3C(C(=O)CC3(C)O)C(C)=CCC12. The molecule has 0 radical (unpaired) electrons. The highest BCUT2D eigenvalue weighted by Gasteiger charge is 2.56. The van der Waals surface area contributed by atoms with E-state index in [-0.39, 0.29) is 23.0 Å². The van der Waals surface area contributed by atoms with Crippen molar-refractivity contribution in [1.29, 1.82) is 0 Å². The average Bonchev–Trinajstić information content (AvgIpc) is 2.97. The summed E-state index contributed by atoms with van der Waals surface area (Å²) in [5.41, 5.74) is 1.90. The van der Waals surface area contributed by atoms with Gasteiger partial charge in [0, 0.05) is 18.3 Å². The molecule has 3 rings (SSSR count). The van der Waals surface area contributed by atoms with E-state index in [2.05, 4.69) is 58.9 Å². The van der Waals surface area contributed by atoms with Crippen LogP contribution in [0.3, 0.4) is 0 Å². The average molecular weight is 371 g/mol. The van der Waals surface area contributed by atoms with Gasteiger partial charge < -0.3 is 5.11 Å². The van der Waals surface area contributed by atoms with Crippen LogP contribution in [-0.4, -0.2) is 16.5 Å². The van der Waals surface area contributed by atoms with Crippen LogP contribution >= 0.6 is 0 Å². The molecule has 3 aliphatic carbocycles. The number of allylic oxidation sites excluding steroid dienone is 6. The molecule has 7 unspecified atom stereocenters. The third kappa shape index (κ3) is 3.88. The van der Waals surface area contributed by atoms with Gasteiger partial charge in [0.1, 0.15) is 5.78 Å². The zero-order valence-electron chi connectivity index (χ0n) is 18.1. The van der Waals surface area contributed by atoms with E-state index < -0.39 is 5.60 Å². The molecule has 0 saturated heterocycles. The molecule has 7 atom stereocenters. The molecule has 2 heteroatoms. The Kier molecular flexibility index (Phi) is 5.60. The fraction of sp³-hybridized carbons (Fsp3) is 0.720. The summed E-state index contributed by atoms with van der Waals surface area (Å²) in [5, 5.41) is 11.0. The Hall–Kier alpha value is -1.15. The number of aliphatic hydroxyl groups is 1. The van der Waals surface area contributed by atoms with Crippen LogP contribution in [0.4, 0.5) is 0 Å². The number of fused-ring (bicyclic) bond motifs is 2. The lowest BCUT2D eigenvalue weighted by atomic mass is 9.63. The minimum atomic E-state index is -0.852. The van der Waals surface area contributed by atoms with Gasteiger partial charge in [0.2, 0.25) is 0 Å². The second-order valence-corrected chi connectivity index (χ2v) is 10.4. The molecular weight excluding hydrogens is 332 g/mol. The smallest absolute Gasteiger partial charge is 0.143 e. The van der Waals surface area contributed by atoms with E-state index in [1.807, 2.05) is 6.92 Å². The molecule has 0 aromatic rings. The largest absolute Gasteiger partial charge is 0.389 e. The highest BCUT2D eigenvalue weighted by atomic mass is 16.3. The Bertz CT molecular complexity index is 676. The number of hydrogen-bond acceptors (Lipinski definition) is 2. The summed E-state index contributed by atoms with van der Waals surface area (Å²) in [6, 6.07) is 0. The quantitative estimate of drug-likeness (QED) is 0.498. The Morgan fingerprint density at radius 2 is 2.00 bits per heavy atom. The summed E-state index contributed by atoms with van der Waals surface area (Å²) in [4.78, 5) is 12.6. The summed E-state index contributed by atoms with van der Waals surface area (Å²) in [6.07, 6.45) is 14.0. The van der Waals surface area contributed by atoms with Crippen LogP contribution in [0.5, 0.6) is 0 Å². The highest BCUT2D eigenvalue weighted by Crippen LogP contribution is 2.59. The number of carbonyl (C=O) groups is 1. The standard InChI is InChI=1S/C25H38O2/c1-16(2)8-7-9-17(3)19-12-13-24(5)14-21-23(18(4)10-11-20(19)24)22(26)15-25(21,6)27/h7-10,17,19-21,23,27H,11-15H2,1-6H3. The molecule has 0 spiro atoms. The van der Waals surface area contributed by atoms with E-state index in [4.69, 9.17) is 0 Å². The maximum atomic E-state index is 12.6. The van der Waals surface area contributed by atoms with E-state index >= 15 is 0 Å². The monoisotopic (exact) mass is 370 g/mol. The molecule has 2 fully saturated rings. The number of carbonyl (C=O) groups excluding carboxylic acids is 1. The third-order valence-corrected chi connectivity index (χ3v) is 7.93. The van der Waals surface area contributed by atoms with Crippen LogP contribution in [0, 0.1) is 35.0 Å². The third-order valence-electron chi connectivity index (χ3n) is 7.93. The summed E-state index contributed by atoms with van der Waals surface area (Å²) in [5.74, 6) is 2.12. The highest BCUT2D eigenvalue weighted by molar-refractivity contribution is 5.87. The Labute approximate surface area is 165 Å². The predicted octanol–water partition coefficient (Wildman–Crippen LogP) is 5.87. The van der Waals surface area contributed by atoms with Gasteiger partial charge in [-0.15, -0.1) is 0 Å². The minimum Gasteiger partial charge on any atom is -0.389 e. The summed E-state index contributed by atoms with van der Waals surface area (Å²) in [6.45, 7) is 13.1. The van der Waals surface area contributed by atoms with Gasteiger partial charge in [-0.05, 0) is 76.5 Å². The lowest BCUT2D eigenvalue weighted by Crippen LogP contribution is -2.40. The molecule has 150 valence electrons. The molecule has 0 amide bonds. The second-order valence-electron chi connectivity index (χ2n) is 10.4. The number of rotatable bonds is 3. The van der Waals surface area contributed by atoms with Crippen LogP contribution < -0.4 is 0 Å². The van der Waals surface area contributed by atoms with Crippen molar-refractivity contribution in [2.24, 2.45) is 35.0 Å². The van der Waals surface area contributed by atoms with E-state index in [9.17, 15) is 9.90 Å². The van der Waals surface area contributed by atoms with Gasteiger partial charge >= 0.3 is 0 Å². The van der Waals surface area contributed by atoms with Gasteiger partial charge in [-0.2, -0.15) is 0 Å². The molecule has 1 N–H and O–H groups in total. The molecule has 0 aromatic carbocycles. The van der Waals surface area contributed by atoms with Crippen LogP contribution in [0.2, 0.25) is 0 Å². The van der Waals surface area contributed by atoms with Crippen molar-refractivity contribution in [2.75, 3.05) is 0 Å². The zero-order chi connectivity index (χ0) is 20.0. The molecule has 2 saturated carbocycles. The van der Waals surface area contributed by atoms with Crippen molar-refractivity contribution in [3.05, 3.63) is 35.5 Å². The van der Waals surface area contributed by atoms with Crippen molar-refractivity contribution in [3.8, 4) is 0 Å². The molecule has 0 aromatic heterocycles. The lowest BCUT2D eigenvalue weighted by Gasteiger charge is -2.42. The zero-order valence-corrected chi connectivity index (χ0v) is 18.1. The molecule has 2 nitrogen and oxygen atoms in total. The molecular formula is C25H38O2. The molecule has 27 heavy (non-hydrogen) atoms. The van der Waals surface area contributed by atoms with E-state index in [0.717, 1.165) is 12.8 Å². The van der Waals surface area contributed by atoms with Crippen LogP contribution in [-0.2, 0) is 4.79 Å². The Balaban J connectivity index is 1.88. The van der Waals surface area contributed by atoms with Crippen molar-refractivity contribution in [3.63, 3.8) is 0 Å². The van der Waals surface area contributed by atoms with E-state index in [1.54, 1.807) is 0 Å². The van der Waals surface area contributed by atoms with Crippen molar-refractivity contribution < 1.29 is 9.90 Å². The number of hydrogen-bond donors (Lipinski definition) is 1. The summed E-state index contributed by atoms with van der Waals surface area (Å²) < 4.78 is 0. The minimum absolute atomic E-state index is 0.0631. The first-order chi connectivity index (χ1) is 12.5. The van der Waals surface area contributed by atoms with Crippen LogP contribution in [0.1, 0.15) is 73.6 Å². The molecule has 0 bridgehead atoms. The summed E-state index contributed by atoms with van der Waals surface area (Å²) >= 11 is 0. The number of Topliss-reactive ketones (excluding diaryl/α,β-unsaturated/α-hetero) is 1. The maximum absolute atomic E-state index is 12.6. The van der Waals surface area contributed by atoms with Gasteiger partial charge in [-0.25, -0.2) is 0 Å². The van der Waals surface area contributed by atoms with Gasteiger partial charge in [-0.3, -0.25) is 4.79 Å². The summed E-state index contributed by atoms with van der Waals surface area (Å²) in [7, 11) is 0. The molecule has 3 aliphatic rings. The first-order valence-electron chi connectivity index (χ1n) is 10.8. The Morgan fingerprint density at radius 1 is 1.30 bits per heavy atom. The maximum Gasteiger partial charge on any atom is 0.143 e. The van der Waals surface area contributed by atoms with E-state index in [1.165, 1.54) is 24.0 Å². The molecule has 0 aliphatic heterocycles. The van der Waals surface area contributed by atoms with Gasteiger partial charge in [0.25, 0.3) is 0 Å². The first-order valence-corrected chi connectivity index (χ1v) is 10.8. The van der Waals surface area contributed by atoms with Crippen molar-refractivity contribution in [1.82, 2.24) is 0 Å². The van der Waals surface area contributed by atoms with Gasteiger partial charge in [-0.1, -0.05) is 49.3 Å². The van der Waals surface area contributed by atoms with Crippen molar-refractivity contribution >= 4 is 5.78 Å². The van der Waals surface area contributed by atoms with E-state index in [0.29, 0.717) is 24.2 Å². The first kappa shape index (κ1) is 20.6. The second kappa shape index (κ2) is 7.35.